The van der Waals surface area contributed by atoms with Crippen LogP contribution in [0.25, 0.3) is 16.1 Å². The highest BCUT2D eigenvalue weighted by Gasteiger charge is 2.45. The first-order chi connectivity index (χ1) is 43.5. The van der Waals surface area contributed by atoms with Crippen LogP contribution in [-0.4, -0.2) is 159 Å². The van der Waals surface area contributed by atoms with Gasteiger partial charge in [-0.1, -0.05) is 68.6 Å². The van der Waals surface area contributed by atoms with Gasteiger partial charge in [-0.2, -0.15) is 13.2 Å². The fourth-order valence-electron chi connectivity index (χ4n) is 10.6. The summed E-state index contributed by atoms with van der Waals surface area (Å²) in [6.07, 6.45) is -2.66. The number of alkyl halides is 3. The number of imidazole rings is 1. The van der Waals surface area contributed by atoms with Crippen molar-refractivity contribution >= 4 is 75.7 Å². The molecule has 3 aromatic carbocycles. The summed E-state index contributed by atoms with van der Waals surface area (Å²) >= 11 is 7.48. The fourth-order valence-corrected chi connectivity index (χ4v) is 11.6. The number of aliphatic hydroxyl groups excluding tert-OH is 1. The van der Waals surface area contributed by atoms with E-state index in [2.05, 4.69) is 48.0 Å². The number of thiazole rings is 1. The van der Waals surface area contributed by atoms with Gasteiger partial charge in [-0.25, -0.2) is 19.3 Å². The van der Waals surface area contributed by atoms with Crippen molar-refractivity contribution in [2.24, 2.45) is 5.41 Å². The minimum Gasteiger partial charge on any atom is -0.444 e. The number of carbonyl (C=O) groups excluding carboxylic acids is 6. The van der Waals surface area contributed by atoms with E-state index < -0.39 is 83.3 Å². The molecule has 2 saturated heterocycles. The van der Waals surface area contributed by atoms with Crippen LogP contribution >= 0.6 is 22.9 Å². The minimum atomic E-state index is -4.65. The van der Waals surface area contributed by atoms with Crippen LogP contribution in [0.3, 0.4) is 0 Å². The number of likely N-dealkylation sites (tertiary alicyclic amines) is 1. The third-order valence-corrected chi connectivity index (χ3v) is 16.8. The van der Waals surface area contributed by atoms with Gasteiger partial charge in [0.2, 0.25) is 23.6 Å². The van der Waals surface area contributed by atoms with Crippen molar-refractivity contribution in [2.45, 2.75) is 137 Å². The van der Waals surface area contributed by atoms with Gasteiger partial charge in [0, 0.05) is 80.6 Å². The van der Waals surface area contributed by atoms with Gasteiger partial charge in [0.15, 0.2) is 5.65 Å². The molecule has 0 unspecified atom stereocenters. The molecule has 3 aromatic heterocycles. The second kappa shape index (κ2) is 30.5. The number of anilines is 2. The smallest absolute Gasteiger partial charge is 0.416 e. The summed E-state index contributed by atoms with van der Waals surface area (Å²) in [6.45, 7) is 17.5. The highest BCUT2D eigenvalue weighted by atomic mass is 35.5. The first-order valence-electron chi connectivity index (χ1n) is 30.4. The SMILES string of the molecule is Cc1ncsc1-c1ccc([C@H](C)NC(=O)[C@@H]2C[C@@H](O)CN2C(=O)[C@@H](NC(=O)COCCN(CCC(=O)NCCCOC2CCN(c3ccc4ncc(C#Cc5cccc(C(=O)Nc6cc(Cl)cc(C(F)(F)F)c6)c5C)n4n3)CC2)C(=O)OC(C)(C)C)C(C)(C)C)cc1. The van der Waals surface area contributed by atoms with Gasteiger partial charge in [-0.3, -0.25) is 24.0 Å². The second-order valence-corrected chi connectivity index (χ2v) is 26.2. The molecule has 0 radical (unpaired) electrons. The third kappa shape index (κ3) is 19.0. The quantitative estimate of drug-likeness (QED) is 0.0314. The number of amides is 6. The minimum absolute atomic E-state index is 0.00400. The number of β-amino-alcohol motifs (C(OH)–C–C–N with tert-alkyl or cyclic N) is 1. The molecule has 5 N–H and O–H groups in total. The number of carbonyl (C=O) groups is 6. The molecule has 0 spiro atoms. The first kappa shape index (κ1) is 69.7. The van der Waals surface area contributed by atoms with Crippen molar-refractivity contribution in [1.82, 2.24) is 45.3 Å². The summed E-state index contributed by atoms with van der Waals surface area (Å²) in [5, 5.41) is 26.6. The van der Waals surface area contributed by atoms with Crippen molar-refractivity contribution in [2.75, 3.05) is 69.3 Å². The number of nitrogens with zero attached hydrogens (tertiary/aromatic N) is 7. The molecule has 2 aliphatic heterocycles. The van der Waals surface area contributed by atoms with Crippen LogP contribution in [-0.2, 0) is 39.6 Å². The normalized spacial score (nSPS) is 16.1. The van der Waals surface area contributed by atoms with Crippen LogP contribution in [0.15, 0.2) is 84.5 Å². The molecule has 0 saturated carbocycles. The molecule has 8 rings (SSSR count). The van der Waals surface area contributed by atoms with Gasteiger partial charge < -0.3 is 55.3 Å². The van der Waals surface area contributed by atoms with Crippen molar-refractivity contribution in [3.8, 4) is 22.3 Å². The summed E-state index contributed by atoms with van der Waals surface area (Å²) in [6, 6.07) is 16.9. The zero-order valence-corrected chi connectivity index (χ0v) is 54.6. The van der Waals surface area contributed by atoms with Crippen molar-refractivity contribution in [1.29, 1.82) is 0 Å². The Morgan fingerprint density at radius 2 is 1.63 bits per heavy atom. The first-order valence-corrected chi connectivity index (χ1v) is 31.7. The maximum absolute atomic E-state index is 14.3. The van der Waals surface area contributed by atoms with Crippen molar-refractivity contribution in [3.63, 3.8) is 0 Å². The van der Waals surface area contributed by atoms with E-state index in [4.69, 9.17) is 30.9 Å². The van der Waals surface area contributed by atoms with Gasteiger partial charge >= 0.3 is 12.3 Å². The third-order valence-electron chi connectivity index (χ3n) is 15.6. The Morgan fingerprint density at radius 3 is 2.32 bits per heavy atom. The van der Waals surface area contributed by atoms with E-state index in [0.29, 0.717) is 55.1 Å². The Kier molecular flexibility index (Phi) is 23.1. The number of halogens is 4. The fraction of sp³-hybridized carbons (Fsp3) is 0.470. The zero-order chi connectivity index (χ0) is 66.7. The monoisotopic (exact) mass is 1310 g/mol. The Labute approximate surface area is 542 Å². The van der Waals surface area contributed by atoms with Crippen LogP contribution in [0.1, 0.15) is 131 Å². The summed E-state index contributed by atoms with van der Waals surface area (Å²) < 4.78 is 59.4. The predicted octanol–water partition coefficient (Wildman–Crippen LogP) is 9.30. The number of benzene rings is 3. The van der Waals surface area contributed by atoms with Gasteiger partial charge in [0.05, 0.1) is 52.7 Å². The highest BCUT2D eigenvalue weighted by molar-refractivity contribution is 7.13. The number of rotatable bonds is 22. The Bertz CT molecular complexity index is 3680. The lowest BCUT2D eigenvalue weighted by atomic mass is 9.85. The maximum Gasteiger partial charge on any atom is 0.416 e. The van der Waals surface area contributed by atoms with Crippen LogP contribution < -0.4 is 26.2 Å². The highest BCUT2D eigenvalue weighted by Crippen LogP contribution is 2.34. The van der Waals surface area contributed by atoms with E-state index in [1.807, 2.05) is 50.2 Å². The van der Waals surface area contributed by atoms with Gasteiger partial charge in [0.1, 0.15) is 35.8 Å². The van der Waals surface area contributed by atoms with E-state index in [0.717, 1.165) is 52.5 Å². The molecule has 0 bridgehead atoms. The van der Waals surface area contributed by atoms with E-state index >= 15 is 0 Å². The average molecular weight is 1310 g/mol. The number of hydrogen-bond donors (Lipinski definition) is 5. The van der Waals surface area contributed by atoms with Gasteiger partial charge in [-0.05, 0) is 131 Å². The number of aliphatic hydroxyl groups is 1. The van der Waals surface area contributed by atoms with E-state index in [1.165, 1.54) is 15.9 Å². The van der Waals surface area contributed by atoms with Crippen LogP contribution in [0.5, 0.6) is 0 Å². The van der Waals surface area contributed by atoms with Gasteiger partial charge in [-0.15, -0.1) is 16.4 Å². The largest absolute Gasteiger partial charge is 0.444 e. The lowest BCUT2D eigenvalue weighted by Gasteiger charge is -2.35. The maximum atomic E-state index is 14.3. The molecule has 26 heteroatoms. The van der Waals surface area contributed by atoms with Crippen LogP contribution in [0.4, 0.5) is 29.5 Å². The predicted molar refractivity (Wildman–Crippen MR) is 343 cm³/mol. The van der Waals surface area contributed by atoms with Crippen molar-refractivity contribution in [3.05, 3.63) is 129 Å². The summed E-state index contributed by atoms with van der Waals surface area (Å²) in [4.78, 5) is 95.7. The number of hydrogen-bond acceptors (Lipinski definition) is 15. The number of fused-ring (bicyclic) bond motifs is 1. The molecule has 0 aliphatic carbocycles. The molecular weight excluding hydrogens is 1230 g/mol. The Morgan fingerprint density at radius 1 is 0.891 bits per heavy atom. The zero-order valence-electron chi connectivity index (χ0n) is 53.0. The number of nitrogens with one attached hydrogen (secondary N) is 4. The van der Waals surface area contributed by atoms with E-state index in [-0.39, 0.29) is 67.4 Å². The van der Waals surface area contributed by atoms with Crippen molar-refractivity contribution < 1.29 is 61.3 Å². The lowest BCUT2D eigenvalue weighted by molar-refractivity contribution is -0.144. The van der Waals surface area contributed by atoms with Crippen LogP contribution in [0.2, 0.25) is 5.02 Å². The Balaban J connectivity index is 0.747. The number of piperidine rings is 1. The number of ether oxygens (including phenoxy) is 3. The molecular formula is C66H79ClF3N11O10S. The molecule has 92 heavy (non-hydrogen) atoms. The molecule has 6 aromatic rings. The van der Waals surface area contributed by atoms with Gasteiger partial charge in [0.25, 0.3) is 5.91 Å². The number of aromatic nitrogens is 4. The topological polar surface area (TPSA) is 251 Å². The summed E-state index contributed by atoms with van der Waals surface area (Å²) in [7, 11) is 0. The summed E-state index contributed by atoms with van der Waals surface area (Å²) in [5.41, 5.74) is 4.22. The number of aryl methyl sites for hydroxylation is 1. The Hall–Kier alpha value is -8.15. The standard InChI is InChI=1S/C66H79ClF3N11O10S/c1-40-43(12-10-13-52(40)60(85)75-48-33-46(66(68,69)70)32-47(67)34-48)18-19-49-36-72-54-20-21-55(77-81(49)54)78-26-22-51(23-27-78)90-30-11-25-71-56(83)24-28-79(63(88)91-65(7,8)9)29-31-89-38-57(84)76-59(64(4,5)6)62(87)80-37-50(82)35-53(80)61(86)74-41(2)44-14-16-45(17-15-44)58-42(3)73-39-92-58/h10,12-17,20-21,32-34,36,39,41,50-51,53,59,82H,11,22-31,35,37-38H2,1-9H3,(H,71,83)(H,74,86)(H,75,85)(H,76,84)/t41-,50+,53-,59+/m0/s1. The molecule has 2 fully saturated rings. The lowest BCUT2D eigenvalue weighted by Crippen LogP contribution is -2.58. The second-order valence-electron chi connectivity index (χ2n) is 24.9. The molecule has 4 atom stereocenters. The molecule has 6 amide bonds. The molecule has 5 heterocycles. The molecule has 492 valence electrons. The molecule has 21 nitrogen and oxygen atoms in total. The average Bonchev–Trinajstić information content (AvgIpc) is 1.65. The molecule has 2 aliphatic rings. The summed E-state index contributed by atoms with van der Waals surface area (Å²) in [5.74, 6) is 4.45. The van der Waals surface area contributed by atoms with E-state index in [1.54, 1.807) is 94.2 Å². The van der Waals surface area contributed by atoms with Crippen LogP contribution in [0, 0.1) is 31.1 Å². The van der Waals surface area contributed by atoms with E-state index in [9.17, 15) is 47.0 Å².